The van der Waals surface area contributed by atoms with Crippen LogP contribution in [-0.4, -0.2) is 35.0 Å². The third-order valence-electron chi connectivity index (χ3n) is 2.92. The highest BCUT2D eigenvalue weighted by molar-refractivity contribution is 5.06. The van der Waals surface area contributed by atoms with Gasteiger partial charge in [-0.3, -0.25) is 0 Å². The molecule has 1 heterocycles. The number of nitrogens with two attached hydrogens (primary N) is 1. The summed E-state index contributed by atoms with van der Waals surface area (Å²) in [6.45, 7) is 6.24. The first-order valence-corrected chi connectivity index (χ1v) is 5.25. The van der Waals surface area contributed by atoms with Gasteiger partial charge >= 0.3 is 0 Å². The maximum absolute atomic E-state index is 5.79. The van der Waals surface area contributed by atoms with E-state index in [1.54, 1.807) is 13.4 Å². The zero-order chi connectivity index (χ0) is 11.3. The summed E-state index contributed by atoms with van der Waals surface area (Å²) in [7, 11) is 1.69. The second-order valence-corrected chi connectivity index (χ2v) is 3.96. The molecular formula is C10H20N4O. The Morgan fingerprint density at radius 3 is 2.87 bits per heavy atom. The second kappa shape index (κ2) is 5.23. The number of ether oxygens (including phenoxy) is 1. The average molecular weight is 212 g/mol. The quantitative estimate of drug-likeness (QED) is 0.748. The van der Waals surface area contributed by atoms with Crippen LogP contribution >= 0.6 is 0 Å². The maximum Gasteiger partial charge on any atom is 0.140 e. The first-order valence-electron chi connectivity index (χ1n) is 5.25. The van der Waals surface area contributed by atoms with E-state index in [-0.39, 0.29) is 5.41 Å². The summed E-state index contributed by atoms with van der Waals surface area (Å²) in [6, 6.07) is 0. The van der Waals surface area contributed by atoms with Crippen LogP contribution in [0, 0.1) is 0 Å². The number of rotatable bonds is 6. The monoisotopic (exact) mass is 212 g/mol. The van der Waals surface area contributed by atoms with Crippen molar-refractivity contribution in [2.75, 3.05) is 20.3 Å². The molecule has 0 amide bonds. The zero-order valence-electron chi connectivity index (χ0n) is 9.73. The van der Waals surface area contributed by atoms with Crippen molar-refractivity contribution in [3.63, 3.8) is 0 Å². The molecule has 1 aromatic heterocycles. The minimum Gasteiger partial charge on any atom is -0.383 e. The van der Waals surface area contributed by atoms with Crippen LogP contribution < -0.4 is 5.73 Å². The van der Waals surface area contributed by atoms with E-state index in [1.807, 2.05) is 4.57 Å². The van der Waals surface area contributed by atoms with Crippen LogP contribution in [-0.2, 0) is 16.7 Å². The molecule has 1 aromatic rings. The molecule has 5 nitrogen and oxygen atoms in total. The molecule has 2 N–H and O–H groups in total. The Morgan fingerprint density at radius 2 is 2.33 bits per heavy atom. The highest BCUT2D eigenvalue weighted by Gasteiger charge is 2.28. The topological polar surface area (TPSA) is 66.0 Å². The summed E-state index contributed by atoms with van der Waals surface area (Å²) in [5, 5.41) is 8.10. The van der Waals surface area contributed by atoms with Gasteiger partial charge in [-0.2, -0.15) is 0 Å². The molecule has 0 saturated heterocycles. The van der Waals surface area contributed by atoms with Crippen molar-refractivity contribution in [1.29, 1.82) is 0 Å². The summed E-state index contributed by atoms with van der Waals surface area (Å²) in [5.74, 6) is 0.949. The molecule has 0 aliphatic rings. The molecule has 0 aromatic carbocycles. The first kappa shape index (κ1) is 12.1. The van der Waals surface area contributed by atoms with Crippen molar-refractivity contribution in [1.82, 2.24) is 14.8 Å². The molecule has 1 unspecified atom stereocenters. The summed E-state index contributed by atoms with van der Waals surface area (Å²) in [4.78, 5) is 0. The maximum atomic E-state index is 5.79. The molecular weight excluding hydrogens is 192 g/mol. The SMILES string of the molecule is CCC(C)(CN)c1nncn1CCOC. The van der Waals surface area contributed by atoms with Crippen molar-refractivity contribution in [2.24, 2.45) is 5.73 Å². The molecule has 0 aliphatic heterocycles. The smallest absolute Gasteiger partial charge is 0.140 e. The predicted octanol–water partition coefficient (Wildman–Crippen LogP) is 0.551. The second-order valence-electron chi connectivity index (χ2n) is 3.96. The Balaban J connectivity index is 2.87. The standard InChI is InChI=1S/C10H20N4O/c1-4-10(2,7-11)9-13-12-8-14(9)5-6-15-3/h8H,4-7,11H2,1-3H3. The summed E-state index contributed by atoms with van der Waals surface area (Å²) < 4.78 is 7.06. The van der Waals surface area contributed by atoms with Gasteiger partial charge in [-0.25, -0.2) is 0 Å². The number of hydrogen-bond donors (Lipinski definition) is 1. The van der Waals surface area contributed by atoms with Gasteiger partial charge in [0.05, 0.1) is 6.61 Å². The first-order chi connectivity index (χ1) is 7.18. The minimum atomic E-state index is -0.0930. The van der Waals surface area contributed by atoms with Crippen molar-refractivity contribution in [3.8, 4) is 0 Å². The van der Waals surface area contributed by atoms with Crippen molar-refractivity contribution >= 4 is 0 Å². The van der Waals surface area contributed by atoms with Crippen LogP contribution in [0.25, 0.3) is 0 Å². The summed E-state index contributed by atoms with van der Waals surface area (Å²) in [5.41, 5.74) is 5.70. The Hall–Kier alpha value is -0.940. The molecule has 0 fully saturated rings. The minimum absolute atomic E-state index is 0.0930. The fraction of sp³-hybridized carbons (Fsp3) is 0.800. The largest absolute Gasteiger partial charge is 0.383 e. The molecule has 0 aliphatic carbocycles. The van der Waals surface area contributed by atoms with Gasteiger partial charge in [0, 0.05) is 25.6 Å². The molecule has 1 rings (SSSR count). The van der Waals surface area contributed by atoms with Crippen molar-refractivity contribution in [3.05, 3.63) is 12.2 Å². The van der Waals surface area contributed by atoms with Gasteiger partial charge in [0.2, 0.25) is 0 Å². The summed E-state index contributed by atoms with van der Waals surface area (Å²) >= 11 is 0. The van der Waals surface area contributed by atoms with Gasteiger partial charge in [0.25, 0.3) is 0 Å². The normalized spacial score (nSPS) is 15.2. The van der Waals surface area contributed by atoms with E-state index in [1.165, 1.54) is 0 Å². The molecule has 15 heavy (non-hydrogen) atoms. The van der Waals surface area contributed by atoms with E-state index in [9.17, 15) is 0 Å². The van der Waals surface area contributed by atoms with E-state index in [2.05, 4.69) is 24.0 Å². The highest BCUT2D eigenvalue weighted by atomic mass is 16.5. The van der Waals surface area contributed by atoms with Gasteiger partial charge in [0.1, 0.15) is 12.2 Å². The van der Waals surface area contributed by atoms with E-state index in [0.717, 1.165) is 18.8 Å². The van der Waals surface area contributed by atoms with Gasteiger partial charge in [-0.1, -0.05) is 13.8 Å². The zero-order valence-corrected chi connectivity index (χ0v) is 9.73. The highest BCUT2D eigenvalue weighted by Crippen LogP contribution is 2.23. The van der Waals surface area contributed by atoms with E-state index in [0.29, 0.717) is 13.2 Å². The predicted molar refractivity (Wildman–Crippen MR) is 58.6 cm³/mol. The Bertz CT molecular complexity index is 293. The molecule has 0 saturated carbocycles. The lowest BCUT2D eigenvalue weighted by Crippen LogP contribution is -2.34. The van der Waals surface area contributed by atoms with Crippen LogP contribution in [0.15, 0.2) is 6.33 Å². The summed E-state index contributed by atoms with van der Waals surface area (Å²) in [6.07, 6.45) is 2.69. The van der Waals surface area contributed by atoms with Crippen LogP contribution in [0.5, 0.6) is 0 Å². The van der Waals surface area contributed by atoms with Crippen LogP contribution in [0.1, 0.15) is 26.1 Å². The van der Waals surface area contributed by atoms with Gasteiger partial charge in [-0.15, -0.1) is 10.2 Å². The molecule has 86 valence electrons. The average Bonchev–Trinajstić information content (AvgIpc) is 2.74. The molecule has 0 bridgehead atoms. The van der Waals surface area contributed by atoms with Crippen molar-refractivity contribution < 1.29 is 4.74 Å². The van der Waals surface area contributed by atoms with Gasteiger partial charge in [-0.05, 0) is 6.42 Å². The van der Waals surface area contributed by atoms with Gasteiger partial charge in [0.15, 0.2) is 0 Å². The molecule has 0 spiro atoms. The lowest BCUT2D eigenvalue weighted by Gasteiger charge is -2.25. The van der Waals surface area contributed by atoms with E-state index in [4.69, 9.17) is 10.5 Å². The van der Waals surface area contributed by atoms with Crippen LogP contribution in [0.4, 0.5) is 0 Å². The van der Waals surface area contributed by atoms with E-state index >= 15 is 0 Å². The molecule has 1 atom stereocenters. The lowest BCUT2D eigenvalue weighted by atomic mass is 9.86. The number of nitrogens with zero attached hydrogens (tertiary/aromatic N) is 3. The van der Waals surface area contributed by atoms with Crippen LogP contribution in [0.3, 0.4) is 0 Å². The number of methoxy groups -OCH3 is 1. The third-order valence-corrected chi connectivity index (χ3v) is 2.92. The lowest BCUT2D eigenvalue weighted by molar-refractivity contribution is 0.184. The van der Waals surface area contributed by atoms with Crippen LogP contribution in [0.2, 0.25) is 0 Å². The van der Waals surface area contributed by atoms with E-state index < -0.39 is 0 Å². The van der Waals surface area contributed by atoms with Gasteiger partial charge < -0.3 is 15.0 Å². The Kier molecular flexibility index (Phi) is 4.23. The Labute approximate surface area is 90.6 Å². The molecule has 5 heteroatoms. The number of aromatic nitrogens is 3. The third kappa shape index (κ3) is 2.54. The van der Waals surface area contributed by atoms with Crippen molar-refractivity contribution in [2.45, 2.75) is 32.2 Å². The fourth-order valence-electron chi connectivity index (χ4n) is 1.47. The fourth-order valence-corrected chi connectivity index (χ4v) is 1.47. The number of hydrogen-bond acceptors (Lipinski definition) is 4. The molecule has 0 radical (unpaired) electrons. The Morgan fingerprint density at radius 1 is 1.60 bits per heavy atom.